The molecule has 3 amide bonds. The van der Waals surface area contributed by atoms with Crippen LogP contribution in [0.1, 0.15) is 13.3 Å². The number of carbonyl (C=O) groups is 2. The van der Waals surface area contributed by atoms with Crippen LogP contribution in [0.4, 0.5) is 4.79 Å². The van der Waals surface area contributed by atoms with E-state index < -0.39 is 0 Å². The number of hydrogen-bond acceptors (Lipinski definition) is 2. The predicted octanol–water partition coefficient (Wildman–Crippen LogP) is 0.504. The first-order valence-corrected chi connectivity index (χ1v) is 3.90. The molecule has 1 aliphatic heterocycles. The zero-order chi connectivity index (χ0) is 9.14. The van der Waals surface area contributed by atoms with Gasteiger partial charge in [0.1, 0.15) is 0 Å². The first-order chi connectivity index (χ1) is 5.65. The number of carbonyl (C=O) groups excluding carboxylic acids is 2. The Morgan fingerprint density at radius 2 is 2.33 bits per heavy atom. The molecule has 0 aromatic carbocycles. The zero-order valence-electron chi connectivity index (χ0n) is 7.09. The molecule has 1 N–H and O–H groups in total. The minimum Gasteiger partial charge on any atom is -0.329 e. The molecule has 1 rings (SSSR count). The summed E-state index contributed by atoms with van der Waals surface area (Å²) in [5, 5.41) is 2.45. The second-order valence-corrected chi connectivity index (χ2v) is 2.74. The second kappa shape index (κ2) is 3.38. The molecule has 4 heteroatoms. The summed E-state index contributed by atoms with van der Waals surface area (Å²) in [5.74, 6) is -0.172. The van der Waals surface area contributed by atoms with Crippen molar-refractivity contribution < 1.29 is 9.59 Å². The average Bonchev–Trinajstić information content (AvgIpc) is 2.35. The van der Waals surface area contributed by atoms with Gasteiger partial charge in [-0.25, -0.2) is 4.79 Å². The molecule has 0 atom stereocenters. The van der Waals surface area contributed by atoms with Crippen LogP contribution in [0, 0.1) is 0 Å². The van der Waals surface area contributed by atoms with Crippen LogP contribution in [0.2, 0.25) is 0 Å². The van der Waals surface area contributed by atoms with Crippen molar-refractivity contribution in [3.05, 3.63) is 12.2 Å². The fourth-order valence-corrected chi connectivity index (χ4v) is 0.951. The molecule has 0 saturated carbocycles. The Morgan fingerprint density at radius 1 is 1.67 bits per heavy atom. The van der Waals surface area contributed by atoms with Crippen LogP contribution in [0.3, 0.4) is 0 Å². The van der Waals surface area contributed by atoms with Crippen molar-refractivity contribution in [1.29, 1.82) is 0 Å². The van der Waals surface area contributed by atoms with E-state index in [1.165, 1.54) is 4.90 Å². The summed E-state index contributed by atoms with van der Waals surface area (Å²) >= 11 is 0. The van der Waals surface area contributed by atoms with Crippen LogP contribution in [-0.4, -0.2) is 29.9 Å². The standard InChI is InChI=1S/C8H12N2O2/c1-3-6(2)5-10-7(11)4-9-8(10)12/h2-5H2,1H3,(H,9,12). The van der Waals surface area contributed by atoms with E-state index in [2.05, 4.69) is 11.9 Å². The number of amides is 3. The molecule has 12 heavy (non-hydrogen) atoms. The topological polar surface area (TPSA) is 49.4 Å². The van der Waals surface area contributed by atoms with Crippen molar-refractivity contribution in [1.82, 2.24) is 10.2 Å². The van der Waals surface area contributed by atoms with Crippen LogP contribution in [0.5, 0.6) is 0 Å². The third-order valence-electron chi connectivity index (χ3n) is 1.82. The molecule has 0 aromatic heterocycles. The Balaban J connectivity index is 2.56. The second-order valence-electron chi connectivity index (χ2n) is 2.74. The van der Waals surface area contributed by atoms with Gasteiger partial charge in [0.25, 0.3) is 0 Å². The molecule has 1 aliphatic rings. The largest absolute Gasteiger partial charge is 0.329 e. The molecule has 0 aliphatic carbocycles. The molecular weight excluding hydrogens is 156 g/mol. The smallest absolute Gasteiger partial charge is 0.324 e. The van der Waals surface area contributed by atoms with Gasteiger partial charge in [0.15, 0.2) is 0 Å². The van der Waals surface area contributed by atoms with Crippen molar-refractivity contribution in [3.63, 3.8) is 0 Å². The number of urea groups is 1. The van der Waals surface area contributed by atoms with Crippen LogP contribution in [0.25, 0.3) is 0 Å². The molecule has 0 aromatic rings. The summed E-state index contributed by atoms with van der Waals surface area (Å²) in [6.07, 6.45) is 0.789. The van der Waals surface area contributed by atoms with E-state index in [4.69, 9.17) is 0 Å². The summed E-state index contributed by atoms with van der Waals surface area (Å²) in [4.78, 5) is 23.2. The summed E-state index contributed by atoms with van der Waals surface area (Å²) in [7, 11) is 0. The van der Waals surface area contributed by atoms with Gasteiger partial charge in [0, 0.05) is 0 Å². The fourth-order valence-electron chi connectivity index (χ4n) is 0.951. The molecule has 0 spiro atoms. The third-order valence-corrected chi connectivity index (χ3v) is 1.82. The highest BCUT2D eigenvalue weighted by molar-refractivity contribution is 6.02. The summed E-state index contributed by atoms with van der Waals surface area (Å²) in [5.41, 5.74) is 0.889. The molecule has 0 radical (unpaired) electrons. The van der Waals surface area contributed by atoms with E-state index in [9.17, 15) is 9.59 Å². The summed E-state index contributed by atoms with van der Waals surface area (Å²) in [6, 6.07) is -0.311. The van der Waals surface area contributed by atoms with E-state index in [1.807, 2.05) is 6.92 Å². The monoisotopic (exact) mass is 168 g/mol. The lowest BCUT2D eigenvalue weighted by Gasteiger charge is -2.12. The lowest BCUT2D eigenvalue weighted by atomic mass is 10.2. The molecule has 0 unspecified atom stereocenters. The number of nitrogens with one attached hydrogen (secondary N) is 1. The van der Waals surface area contributed by atoms with Gasteiger partial charge < -0.3 is 5.32 Å². The SMILES string of the molecule is C=C(CC)CN1C(=O)CNC1=O. The van der Waals surface area contributed by atoms with Gasteiger partial charge >= 0.3 is 6.03 Å². The highest BCUT2D eigenvalue weighted by Gasteiger charge is 2.27. The Kier molecular flexibility index (Phi) is 2.47. The minimum absolute atomic E-state index is 0.121. The maximum absolute atomic E-state index is 11.0. The van der Waals surface area contributed by atoms with Gasteiger partial charge in [0.05, 0.1) is 13.1 Å². The minimum atomic E-state index is -0.311. The van der Waals surface area contributed by atoms with Crippen LogP contribution in [-0.2, 0) is 4.79 Å². The molecule has 66 valence electrons. The lowest BCUT2D eigenvalue weighted by Crippen LogP contribution is -2.32. The Bertz CT molecular complexity index is 219. The predicted molar refractivity (Wildman–Crippen MR) is 44.5 cm³/mol. The molecule has 4 nitrogen and oxygen atoms in total. The van der Waals surface area contributed by atoms with E-state index in [-0.39, 0.29) is 18.5 Å². The van der Waals surface area contributed by atoms with Crippen molar-refractivity contribution in [2.75, 3.05) is 13.1 Å². The summed E-state index contributed by atoms with van der Waals surface area (Å²) in [6.45, 7) is 6.15. The van der Waals surface area contributed by atoms with Gasteiger partial charge in [-0.1, -0.05) is 19.1 Å². The van der Waals surface area contributed by atoms with E-state index in [0.717, 1.165) is 12.0 Å². The maximum atomic E-state index is 11.0. The number of hydrogen-bond donors (Lipinski definition) is 1. The van der Waals surface area contributed by atoms with Crippen LogP contribution >= 0.6 is 0 Å². The van der Waals surface area contributed by atoms with Crippen molar-refractivity contribution >= 4 is 11.9 Å². The highest BCUT2D eigenvalue weighted by atomic mass is 16.2. The normalized spacial score (nSPS) is 16.6. The van der Waals surface area contributed by atoms with Crippen LogP contribution < -0.4 is 5.32 Å². The van der Waals surface area contributed by atoms with E-state index >= 15 is 0 Å². The zero-order valence-corrected chi connectivity index (χ0v) is 7.09. The maximum Gasteiger partial charge on any atom is 0.324 e. The fraction of sp³-hybridized carbons (Fsp3) is 0.500. The number of rotatable bonds is 3. The summed E-state index contributed by atoms with van der Waals surface area (Å²) < 4.78 is 0. The average molecular weight is 168 g/mol. The van der Waals surface area contributed by atoms with Gasteiger partial charge in [-0.3, -0.25) is 9.69 Å². The quantitative estimate of drug-likeness (QED) is 0.493. The number of imide groups is 1. The molecule has 1 heterocycles. The van der Waals surface area contributed by atoms with Crippen molar-refractivity contribution in [2.45, 2.75) is 13.3 Å². The van der Waals surface area contributed by atoms with Gasteiger partial charge in [0.2, 0.25) is 5.91 Å². The molecular formula is C8H12N2O2. The molecule has 0 bridgehead atoms. The van der Waals surface area contributed by atoms with E-state index in [1.54, 1.807) is 0 Å². The third kappa shape index (κ3) is 1.64. The van der Waals surface area contributed by atoms with Crippen molar-refractivity contribution in [2.24, 2.45) is 0 Å². The molecule has 1 fully saturated rings. The van der Waals surface area contributed by atoms with Gasteiger partial charge in [-0.2, -0.15) is 0 Å². The lowest BCUT2D eigenvalue weighted by molar-refractivity contribution is -0.124. The van der Waals surface area contributed by atoms with Crippen LogP contribution in [0.15, 0.2) is 12.2 Å². The van der Waals surface area contributed by atoms with Gasteiger partial charge in [-0.15, -0.1) is 0 Å². The van der Waals surface area contributed by atoms with Crippen molar-refractivity contribution in [3.8, 4) is 0 Å². The van der Waals surface area contributed by atoms with E-state index in [0.29, 0.717) is 6.54 Å². The highest BCUT2D eigenvalue weighted by Crippen LogP contribution is 2.05. The number of nitrogens with zero attached hydrogens (tertiary/aromatic N) is 1. The Labute approximate surface area is 71.2 Å². The Morgan fingerprint density at radius 3 is 2.75 bits per heavy atom. The molecule has 1 saturated heterocycles. The first kappa shape index (κ1) is 8.77. The van der Waals surface area contributed by atoms with Gasteiger partial charge in [-0.05, 0) is 6.42 Å². The Hall–Kier alpha value is -1.32. The first-order valence-electron chi connectivity index (χ1n) is 3.90.